The minimum atomic E-state index is -4.34. The maximum absolute atomic E-state index is 13.2. The van der Waals surface area contributed by atoms with Gasteiger partial charge in [0.15, 0.2) is 0 Å². The number of fused-ring (bicyclic) bond motifs is 1. The Kier molecular flexibility index (Phi) is 5.65. The van der Waals surface area contributed by atoms with Gasteiger partial charge in [-0.05, 0) is 76.5 Å². The predicted molar refractivity (Wildman–Crippen MR) is 115 cm³/mol. The number of hydrogen-bond donors (Lipinski definition) is 0. The summed E-state index contributed by atoms with van der Waals surface area (Å²) in [6, 6.07) is 18.1. The van der Waals surface area contributed by atoms with Gasteiger partial charge in [0.05, 0.1) is 5.56 Å². The van der Waals surface area contributed by atoms with Crippen molar-refractivity contribution in [3.05, 3.63) is 94.8 Å². The topological polar surface area (TPSA) is 3.24 Å². The first-order valence-corrected chi connectivity index (χ1v) is 10.4. The molecule has 3 aromatic carbocycles. The summed E-state index contributed by atoms with van der Waals surface area (Å²) in [5, 5.41) is 0. The third-order valence-corrected chi connectivity index (χ3v) is 6.15. The first-order chi connectivity index (χ1) is 14.6. The van der Waals surface area contributed by atoms with Crippen LogP contribution in [-0.2, 0) is 24.7 Å². The van der Waals surface area contributed by atoms with Crippen molar-refractivity contribution < 1.29 is 17.6 Å². The number of halogens is 4. The molecule has 0 atom stereocenters. The number of rotatable bonds is 3. The molecule has 0 N–H and O–H groups in total. The van der Waals surface area contributed by atoms with Gasteiger partial charge in [-0.2, -0.15) is 13.2 Å². The largest absolute Gasteiger partial charge is 0.416 e. The lowest BCUT2D eigenvalue weighted by molar-refractivity contribution is -0.137. The molecule has 5 heteroatoms. The van der Waals surface area contributed by atoms with Crippen molar-refractivity contribution in [1.29, 1.82) is 0 Å². The summed E-state index contributed by atoms with van der Waals surface area (Å²) in [7, 11) is 0. The third kappa shape index (κ3) is 4.82. The maximum atomic E-state index is 13.2. The van der Waals surface area contributed by atoms with E-state index in [1.165, 1.54) is 35.4 Å². The highest BCUT2D eigenvalue weighted by atomic mass is 19.4. The van der Waals surface area contributed by atoms with E-state index in [1.807, 2.05) is 18.2 Å². The van der Waals surface area contributed by atoms with E-state index >= 15 is 0 Å². The van der Waals surface area contributed by atoms with Crippen LogP contribution in [0.15, 0.2) is 66.7 Å². The van der Waals surface area contributed by atoms with Crippen LogP contribution < -0.4 is 0 Å². The van der Waals surface area contributed by atoms with E-state index in [0.29, 0.717) is 0 Å². The van der Waals surface area contributed by atoms with E-state index < -0.39 is 11.7 Å². The third-order valence-electron chi connectivity index (χ3n) is 6.15. The second-order valence-electron chi connectivity index (χ2n) is 8.92. The second kappa shape index (κ2) is 8.12. The van der Waals surface area contributed by atoms with Crippen LogP contribution in [0.25, 0.3) is 11.1 Å². The lowest BCUT2D eigenvalue weighted by Gasteiger charge is -2.25. The van der Waals surface area contributed by atoms with E-state index in [4.69, 9.17) is 0 Å². The van der Waals surface area contributed by atoms with Gasteiger partial charge in [-0.3, -0.25) is 4.90 Å². The van der Waals surface area contributed by atoms with Gasteiger partial charge in [-0.25, -0.2) is 4.39 Å². The van der Waals surface area contributed by atoms with Crippen molar-refractivity contribution in [2.75, 3.05) is 6.54 Å². The van der Waals surface area contributed by atoms with Gasteiger partial charge in [0.25, 0.3) is 0 Å². The average molecular weight is 427 g/mol. The Bertz CT molecular complexity index is 1050. The number of alkyl halides is 3. The minimum absolute atomic E-state index is 0.00838. The molecule has 0 aliphatic carbocycles. The maximum Gasteiger partial charge on any atom is 0.416 e. The zero-order valence-corrected chi connectivity index (χ0v) is 17.6. The van der Waals surface area contributed by atoms with Crippen LogP contribution in [-0.4, -0.2) is 11.4 Å². The van der Waals surface area contributed by atoms with Crippen LogP contribution in [0.3, 0.4) is 0 Å². The van der Waals surface area contributed by atoms with E-state index in [-0.39, 0.29) is 11.2 Å². The quantitative estimate of drug-likeness (QED) is 0.400. The molecule has 31 heavy (non-hydrogen) atoms. The molecule has 3 aromatic rings. The Hall–Kier alpha value is -2.66. The fourth-order valence-corrected chi connectivity index (χ4v) is 4.29. The minimum Gasteiger partial charge on any atom is -0.295 e. The molecule has 1 heterocycles. The standard InChI is InChI=1S/C26H25F4N/c1-25(2)13-14-31(16-18-3-10-23(27)11-4-18)17-21-15-20(7-12-24(21)25)19-5-8-22(9-6-19)26(28,29)30/h3-12,15H,13-14,16-17H2,1-2H3. The molecule has 0 saturated heterocycles. The molecule has 0 radical (unpaired) electrons. The molecule has 0 saturated carbocycles. The monoisotopic (exact) mass is 427 g/mol. The lowest BCUT2D eigenvalue weighted by atomic mass is 9.79. The predicted octanol–water partition coefficient (Wildman–Crippen LogP) is 7.20. The van der Waals surface area contributed by atoms with Gasteiger partial charge in [0.1, 0.15) is 5.82 Å². The SMILES string of the molecule is CC1(C)CCN(Cc2ccc(F)cc2)Cc2cc(-c3ccc(C(F)(F)F)cc3)ccc21. The first kappa shape index (κ1) is 21.6. The molecular formula is C26H25F4N. The van der Waals surface area contributed by atoms with Gasteiger partial charge < -0.3 is 0 Å². The Labute approximate surface area is 180 Å². The highest BCUT2D eigenvalue weighted by molar-refractivity contribution is 5.66. The molecule has 0 fully saturated rings. The van der Waals surface area contributed by atoms with Gasteiger partial charge in [-0.1, -0.05) is 50.2 Å². The van der Waals surface area contributed by atoms with E-state index in [2.05, 4.69) is 30.9 Å². The van der Waals surface area contributed by atoms with Crippen molar-refractivity contribution in [1.82, 2.24) is 4.90 Å². The highest BCUT2D eigenvalue weighted by Gasteiger charge is 2.31. The smallest absolute Gasteiger partial charge is 0.295 e. The van der Waals surface area contributed by atoms with Gasteiger partial charge in [0.2, 0.25) is 0 Å². The van der Waals surface area contributed by atoms with Crippen LogP contribution >= 0.6 is 0 Å². The normalized spacial score (nSPS) is 16.6. The van der Waals surface area contributed by atoms with Crippen molar-refractivity contribution in [2.45, 2.75) is 44.9 Å². The van der Waals surface area contributed by atoms with Crippen molar-refractivity contribution >= 4 is 0 Å². The molecule has 0 bridgehead atoms. The first-order valence-electron chi connectivity index (χ1n) is 10.4. The Morgan fingerprint density at radius 2 is 1.52 bits per heavy atom. The van der Waals surface area contributed by atoms with E-state index in [9.17, 15) is 17.6 Å². The molecule has 0 amide bonds. The van der Waals surface area contributed by atoms with Gasteiger partial charge >= 0.3 is 6.18 Å². The fourth-order valence-electron chi connectivity index (χ4n) is 4.29. The summed E-state index contributed by atoms with van der Waals surface area (Å²) < 4.78 is 51.9. The van der Waals surface area contributed by atoms with Crippen LogP contribution in [0.4, 0.5) is 17.6 Å². The summed E-state index contributed by atoms with van der Waals surface area (Å²) >= 11 is 0. The van der Waals surface area contributed by atoms with Crippen LogP contribution in [0.5, 0.6) is 0 Å². The summed E-state index contributed by atoms with van der Waals surface area (Å²) in [5.74, 6) is -0.243. The molecule has 0 aromatic heterocycles. The Morgan fingerprint density at radius 3 is 2.16 bits per heavy atom. The summed E-state index contributed by atoms with van der Waals surface area (Å²) in [6.45, 7) is 6.83. The van der Waals surface area contributed by atoms with Crippen molar-refractivity contribution in [2.24, 2.45) is 0 Å². The average Bonchev–Trinajstić information content (AvgIpc) is 2.85. The van der Waals surface area contributed by atoms with Gasteiger partial charge in [0, 0.05) is 13.1 Å². The molecule has 162 valence electrons. The molecule has 0 unspecified atom stereocenters. The summed E-state index contributed by atoms with van der Waals surface area (Å²) in [5.41, 5.74) is 4.53. The Morgan fingerprint density at radius 1 is 0.871 bits per heavy atom. The molecular weight excluding hydrogens is 402 g/mol. The lowest BCUT2D eigenvalue weighted by Crippen LogP contribution is -2.25. The molecule has 0 spiro atoms. The van der Waals surface area contributed by atoms with Crippen LogP contribution in [0.1, 0.15) is 42.5 Å². The Balaban J connectivity index is 1.63. The second-order valence-corrected chi connectivity index (χ2v) is 8.92. The fraction of sp³-hybridized carbons (Fsp3) is 0.308. The molecule has 4 rings (SSSR count). The molecule has 1 aliphatic heterocycles. The number of hydrogen-bond acceptors (Lipinski definition) is 1. The zero-order chi connectivity index (χ0) is 22.2. The zero-order valence-electron chi connectivity index (χ0n) is 17.6. The molecule has 1 nitrogen and oxygen atoms in total. The van der Waals surface area contributed by atoms with Crippen molar-refractivity contribution in [3.8, 4) is 11.1 Å². The van der Waals surface area contributed by atoms with Crippen molar-refractivity contribution in [3.63, 3.8) is 0 Å². The van der Waals surface area contributed by atoms with Crippen LogP contribution in [0.2, 0.25) is 0 Å². The molecule has 1 aliphatic rings. The number of nitrogens with zero attached hydrogens (tertiary/aromatic N) is 1. The summed E-state index contributed by atoms with van der Waals surface area (Å²) in [6.07, 6.45) is -3.35. The van der Waals surface area contributed by atoms with Crippen LogP contribution in [0, 0.1) is 5.82 Å². The summed E-state index contributed by atoms with van der Waals surface area (Å²) in [4.78, 5) is 2.34. The number of benzene rings is 3. The van der Waals surface area contributed by atoms with E-state index in [0.717, 1.165) is 54.9 Å². The highest BCUT2D eigenvalue weighted by Crippen LogP contribution is 2.37. The van der Waals surface area contributed by atoms with Gasteiger partial charge in [-0.15, -0.1) is 0 Å². The van der Waals surface area contributed by atoms with E-state index in [1.54, 1.807) is 0 Å².